The average Bonchev–Trinajstić information content (AvgIpc) is 2.71. The van der Waals surface area contributed by atoms with E-state index in [2.05, 4.69) is 12.1 Å². The zero-order chi connectivity index (χ0) is 9.10. The van der Waals surface area contributed by atoms with Crippen molar-refractivity contribution in [2.45, 2.75) is 17.1 Å². The Morgan fingerprint density at radius 3 is 2.62 bits per heavy atom. The van der Waals surface area contributed by atoms with Gasteiger partial charge < -0.3 is 0 Å². The molecule has 0 N–H and O–H groups in total. The van der Waals surface area contributed by atoms with Crippen LogP contribution >= 0.6 is 11.6 Å². The van der Waals surface area contributed by atoms with Gasteiger partial charge in [0.05, 0.1) is 0 Å². The van der Waals surface area contributed by atoms with E-state index in [1.165, 1.54) is 28.2 Å². The summed E-state index contributed by atoms with van der Waals surface area (Å²) in [6.45, 7) is 0. The molecule has 2 heteroatoms. The molecule has 1 aromatic carbocycles. The molecule has 0 aromatic heterocycles. The van der Waals surface area contributed by atoms with Crippen molar-refractivity contribution in [3.05, 3.63) is 41.5 Å². The summed E-state index contributed by atoms with van der Waals surface area (Å²) in [5.41, 5.74) is 2.64. The second-order valence-electron chi connectivity index (χ2n) is 3.09. The van der Waals surface area contributed by atoms with Gasteiger partial charge in [-0.2, -0.15) is 0 Å². The van der Waals surface area contributed by atoms with Crippen LogP contribution in [0.25, 0.3) is 5.03 Å². The predicted molar refractivity (Wildman–Crippen MR) is 59.2 cm³/mol. The van der Waals surface area contributed by atoms with Gasteiger partial charge in [-0.3, -0.25) is 0 Å². The van der Waals surface area contributed by atoms with Gasteiger partial charge in [0, 0.05) is 0 Å². The fraction of sp³-hybridized carbons (Fsp3) is 0.273. The number of rotatable bonds is 1. The zero-order valence-corrected chi connectivity index (χ0v) is 9.76. The van der Waals surface area contributed by atoms with Gasteiger partial charge in [0.2, 0.25) is 0 Å². The zero-order valence-electron chi connectivity index (χ0n) is 7.29. The van der Waals surface area contributed by atoms with Gasteiger partial charge in [0.1, 0.15) is 0 Å². The molecule has 1 heterocycles. The maximum absolute atomic E-state index is 6.30. The first kappa shape index (κ1) is 9.33. The minimum absolute atomic E-state index is 0.810. The molecule has 0 spiro atoms. The first-order chi connectivity index (χ1) is 6.38. The number of allylic oxidation sites excluding steroid dienone is 1. The Morgan fingerprint density at radius 1 is 1.23 bits per heavy atom. The molecule has 0 atom stereocenters. The monoisotopic (exact) mass is 258 g/mol. The van der Waals surface area contributed by atoms with E-state index in [1.54, 1.807) is 0 Å². The van der Waals surface area contributed by atoms with Crippen molar-refractivity contribution in [3.8, 4) is 0 Å². The molecule has 13 heavy (non-hydrogen) atoms. The van der Waals surface area contributed by atoms with Crippen LogP contribution in [0, 0.1) is 0 Å². The molecule has 1 aromatic rings. The summed E-state index contributed by atoms with van der Waals surface area (Å²) in [5, 5.41) is 3.62. The normalized spacial score (nSPS) is 20.4. The van der Waals surface area contributed by atoms with E-state index in [0.29, 0.717) is 0 Å². The van der Waals surface area contributed by atoms with Crippen LogP contribution in [-0.4, -0.2) is 15.0 Å². The van der Waals surface area contributed by atoms with Crippen molar-refractivity contribution >= 4 is 31.6 Å². The number of hydrogen-bond acceptors (Lipinski definition) is 0. The summed E-state index contributed by atoms with van der Waals surface area (Å²) in [6, 6.07) is 10.3. The van der Waals surface area contributed by atoms with Gasteiger partial charge in [0.25, 0.3) is 0 Å². The molecule has 68 valence electrons. The molecule has 1 aliphatic rings. The third kappa shape index (κ3) is 2.17. The van der Waals surface area contributed by atoms with Crippen LogP contribution < -0.4 is 0 Å². The SMILES string of the molecule is Cl/C(=C1\CC[Se]C1)c1ccccc1. The Labute approximate surface area is 90.1 Å². The Kier molecular flexibility index (Phi) is 3.10. The first-order valence-electron chi connectivity index (χ1n) is 4.38. The van der Waals surface area contributed by atoms with Crippen LogP contribution in [0.1, 0.15) is 12.0 Å². The fourth-order valence-corrected chi connectivity index (χ4v) is 4.14. The Balaban J connectivity index is 2.30. The van der Waals surface area contributed by atoms with E-state index in [1.807, 2.05) is 18.2 Å². The van der Waals surface area contributed by atoms with Crippen molar-refractivity contribution in [2.24, 2.45) is 0 Å². The summed E-state index contributed by atoms with van der Waals surface area (Å²) >= 11 is 7.11. The van der Waals surface area contributed by atoms with E-state index in [-0.39, 0.29) is 0 Å². The summed E-state index contributed by atoms with van der Waals surface area (Å²) in [4.78, 5) is 0. The average molecular weight is 258 g/mol. The number of halogens is 1. The van der Waals surface area contributed by atoms with Gasteiger partial charge in [-0.15, -0.1) is 0 Å². The summed E-state index contributed by atoms with van der Waals surface area (Å²) in [7, 11) is 0. The van der Waals surface area contributed by atoms with Crippen molar-refractivity contribution in [3.63, 3.8) is 0 Å². The van der Waals surface area contributed by atoms with Gasteiger partial charge in [0.15, 0.2) is 0 Å². The van der Waals surface area contributed by atoms with Crippen LogP contribution in [0.5, 0.6) is 0 Å². The molecule has 2 rings (SSSR count). The summed E-state index contributed by atoms with van der Waals surface area (Å²) in [5.74, 6) is 0. The molecule has 0 nitrogen and oxygen atoms in total. The van der Waals surface area contributed by atoms with E-state index < -0.39 is 0 Å². The second kappa shape index (κ2) is 4.32. The molecule has 1 saturated heterocycles. The molecule has 0 aliphatic carbocycles. The van der Waals surface area contributed by atoms with E-state index in [4.69, 9.17) is 11.6 Å². The van der Waals surface area contributed by atoms with Gasteiger partial charge in [-0.05, 0) is 0 Å². The van der Waals surface area contributed by atoms with E-state index in [9.17, 15) is 0 Å². The first-order valence-corrected chi connectivity index (χ1v) is 7.18. The van der Waals surface area contributed by atoms with Gasteiger partial charge >= 0.3 is 90.1 Å². The van der Waals surface area contributed by atoms with E-state index in [0.717, 1.165) is 20.0 Å². The quantitative estimate of drug-likeness (QED) is 0.675. The van der Waals surface area contributed by atoms with Crippen LogP contribution in [0.15, 0.2) is 35.9 Å². The molecule has 0 unspecified atom stereocenters. The van der Waals surface area contributed by atoms with E-state index >= 15 is 0 Å². The number of benzene rings is 1. The predicted octanol–water partition coefficient (Wildman–Crippen LogP) is 3.58. The van der Waals surface area contributed by atoms with Crippen molar-refractivity contribution in [1.82, 2.24) is 0 Å². The third-order valence-electron chi connectivity index (χ3n) is 2.16. The molecule has 1 fully saturated rings. The minimum atomic E-state index is 0.810. The molecule has 0 radical (unpaired) electrons. The molecular weight excluding hydrogens is 247 g/mol. The molecule has 0 bridgehead atoms. The van der Waals surface area contributed by atoms with Crippen molar-refractivity contribution < 1.29 is 0 Å². The maximum atomic E-state index is 6.30. The summed E-state index contributed by atoms with van der Waals surface area (Å²) < 4.78 is 0. The molecule has 1 aliphatic heterocycles. The third-order valence-corrected chi connectivity index (χ3v) is 4.84. The topological polar surface area (TPSA) is 0 Å². The van der Waals surface area contributed by atoms with Crippen molar-refractivity contribution in [1.29, 1.82) is 0 Å². The standard InChI is InChI=1S/C11H11ClSe/c12-11(10-6-7-13-8-10)9-4-2-1-3-5-9/h1-5H,6-8H2/b11-10+. The Hall–Kier alpha value is -0.231. The second-order valence-corrected chi connectivity index (χ2v) is 5.78. The molecule has 0 saturated carbocycles. The number of hydrogen-bond donors (Lipinski definition) is 0. The molecular formula is C11H11ClSe. The van der Waals surface area contributed by atoms with Crippen LogP contribution in [0.2, 0.25) is 10.6 Å². The Bertz CT molecular complexity index is 308. The van der Waals surface area contributed by atoms with Crippen LogP contribution in [-0.2, 0) is 0 Å². The fourth-order valence-electron chi connectivity index (χ4n) is 1.42. The van der Waals surface area contributed by atoms with Crippen LogP contribution in [0.3, 0.4) is 0 Å². The van der Waals surface area contributed by atoms with Gasteiger partial charge in [-0.1, -0.05) is 0 Å². The van der Waals surface area contributed by atoms with Crippen molar-refractivity contribution in [2.75, 3.05) is 0 Å². The van der Waals surface area contributed by atoms with Gasteiger partial charge in [-0.25, -0.2) is 0 Å². The summed E-state index contributed by atoms with van der Waals surface area (Å²) in [6.07, 6.45) is 1.22. The van der Waals surface area contributed by atoms with Crippen LogP contribution in [0.4, 0.5) is 0 Å². The Morgan fingerprint density at radius 2 is 2.00 bits per heavy atom. The molecule has 0 amide bonds.